The van der Waals surface area contributed by atoms with Crippen LogP contribution >= 0.6 is 12.4 Å². The number of carbonyl (C=O) groups is 5. The Morgan fingerprint density at radius 1 is 1.03 bits per heavy atom. The Kier molecular flexibility index (Phi) is 10.0. The van der Waals surface area contributed by atoms with Crippen molar-refractivity contribution >= 4 is 47.8 Å². The number of imide groups is 1. The van der Waals surface area contributed by atoms with Gasteiger partial charge in [0.2, 0.25) is 5.91 Å². The molecule has 3 amide bonds. The lowest BCUT2D eigenvalue weighted by Gasteiger charge is -2.26. The summed E-state index contributed by atoms with van der Waals surface area (Å²) in [6.07, 6.45) is 1.15. The van der Waals surface area contributed by atoms with Gasteiger partial charge in [0, 0.05) is 6.54 Å². The molecule has 0 spiro atoms. The molecule has 0 radical (unpaired) electrons. The number of benzene rings is 2. The van der Waals surface area contributed by atoms with E-state index in [0.717, 1.165) is 4.90 Å². The summed E-state index contributed by atoms with van der Waals surface area (Å²) in [4.78, 5) is 65.0. The number of ether oxygens (including phenoxy) is 2. The highest BCUT2D eigenvalue weighted by atomic mass is 35.5. The third-order valence-electron chi connectivity index (χ3n) is 6.40. The Morgan fingerprint density at radius 2 is 1.67 bits per heavy atom. The van der Waals surface area contributed by atoms with Crippen molar-refractivity contribution < 1.29 is 38.6 Å². The summed E-state index contributed by atoms with van der Waals surface area (Å²) < 4.78 is 11.0. The molecule has 0 fully saturated rings. The van der Waals surface area contributed by atoms with Crippen molar-refractivity contribution in [3.8, 4) is 5.75 Å². The van der Waals surface area contributed by atoms with Crippen molar-refractivity contribution in [2.24, 2.45) is 0 Å². The average Bonchev–Trinajstić information content (AvgIpc) is 3.07. The number of hydrogen-bond donors (Lipinski definition) is 2. The molecule has 12 heteroatoms. The number of halogens is 1. The highest BCUT2D eigenvalue weighted by Gasteiger charge is 2.36. The molecule has 0 saturated carbocycles. The fourth-order valence-electron chi connectivity index (χ4n) is 4.59. The normalized spacial score (nSPS) is 16.9. The molecule has 11 nitrogen and oxygen atoms in total. The Labute approximate surface area is 231 Å². The Hall–Kier alpha value is -3.96. The lowest BCUT2D eigenvalue weighted by atomic mass is 10.1. The molecule has 2 aromatic rings. The van der Waals surface area contributed by atoms with E-state index in [9.17, 15) is 29.1 Å². The quantitative estimate of drug-likeness (QED) is 0.241. The van der Waals surface area contributed by atoms with Gasteiger partial charge in [-0.05, 0) is 50.5 Å². The van der Waals surface area contributed by atoms with Gasteiger partial charge in [-0.2, -0.15) is 0 Å². The molecule has 2 heterocycles. The average molecular weight is 560 g/mol. The Bertz CT molecular complexity index is 1220. The summed E-state index contributed by atoms with van der Waals surface area (Å²) in [5, 5.41) is 12.4. The van der Waals surface area contributed by atoms with E-state index in [-0.39, 0.29) is 50.4 Å². The van der Waals surface area contributed by atoms with Gasteiger partial charge in [-0.3, -0.25) is 39.1 Å². The van der Waals surface area contributed by atoms with E-state index < -0.39 is 36.5 Å². The fraction of sp³-hybridized carbons (Fsp3) is 0.370. The minimum atomic E-state index is -1.19. The van der Waals surface area contributed by atoms with Gasteiger partial charge < -0.3 is 14.6 Å². The highest BCUT2D eigenvalue weighted by molar-refractivity contribution is 6.21. The van der Waals surface area contributed by atoms with Gasteiger partial charge in [0.15, 0.2) is 0 Å². The Balaban J connectivity index is 0.00000420. The van der Waals surface area contributed by atoms with Gasteiger partial charge in [0.05, 0.1) is 23.4 Å². The minimum Gasteiger partial charge on any atom is -0.489 e. The molecule has 2 aliphatic rings. The zero-order valence-corrected chi connectivity index (χ0v) is 22.1. The van der Waals surface area contributed by atoms with E-state index >= 15 is 0 Å². The van der Waals surface area contributed by atoms with Crippen LogP contribution in [0.25, 0.3) is 0 Å². The number of rotatable bonds is 11. The standard InChI is InChI=1S/C27H29N3O8.ClH/c1-2-37-27(36)19(11-7-8-14-29-24(33)17-9-3-4-10-18(17)25(29)34)28-20-16-38-22-13-6-5-12-21(22)30(26(20)35)15-23(31)32;/h3-6,9-10,12-13,19-20,28H,2,7-8,11,14-16H2,1H3,(H,31,32);1H/t19-,20-;/m0./s1. The molecule has 39 heavy (non-hydrogen) atoms. The molecular weight excluding hydrogens is 530 g/mol. The molecule has 2 atom stereocenters. The number of nitrogens with one attached hydrogen (secondary N) is 1. The fourth-order valence-corrected chi connectivity index (χ4v) is 4.59. The lowest BCUT2D eigenvalue weighted by Crippen LogP contribution is -2.54. The first kappa shape index (κ1) is 29.6. The van der Waals surface area contributed by atoms with Crippen LogP contribution in [0.5, 0.6) is 5.75 Å². The van der Waals surface area contributed by atoms with Crippen LogP contribution in [0.4, 0.5) is 5.69 Å². The number of para-hydroxylation sites is 2. The van der Waals surface area contributed by atoms with E-state index in [1.807, 2.05) is 0 Å². The van der Waals surface area contributed by atoms with Crippen molar-refractivity contribution in [3.05, 3.63) is 59.7 Å². The van der Waals surface area contributed by atoms with Crippen LogP contribution in [0, 0.1) is 0 Å². The number of hydrogen-bond acceptors (Lipinski definition) is 8. The molecule has 0 saturated heterocycles. The van der Waals surface area contributed by atoms with Gasteiger partial charge in [-0.15, -0.1) is 12.4 Å². The summed E-state index contributed by atoms with van der Waals surface area (Å²) in [5.41, 5.74) is 1.09. The van der Waals surface area contributed by atoms with Crippen LogP contribution in [0.2, 0.25) is 0 Å². The van der Waals surface area contributed by atoms with Crippen LogP contribution in [0.1, 0.15) is 46.9 Å². The summed E-state index contributed by atoms with van der Waals surface area (Å²) in [5.74, 6) is -2.62. The number of aliphatic carboxylic acids is 1. The van der Waals surface area contributed by atoms with E-state index in [0.29, 0.717) is 35.4 Å². The molecule has 4 rings (SSSR count). The largest absolute Gasteiger partial charge is 0.489 e. The second-order valence-corrected chi connectivity index (χ2v) is 8.92. The monoisotopic (exact) mass is 559 g/mol. The van der Waals surface area contributed by atoms with Gasteiger partial charge in [-0.25, -0.2) is 0 Å². The van der Waals surface area contributed by atoms with E-state index in [4.69, 9.17) is 9.47 Å². The first-order valence-electron chi connectivity index (χ1n) is 12.4. The maximum absolute atomic E-state index is 13.3. The number of fused-ring (bicyclic) bond motifs is 2. The van der Waals surface area contributed by atoms with Crippen molar-refractivity contribution in [1.29, 1.82) is 0 Å². The maximum Gasteiger partial charge on any atom is 0.323 e. The summed E-state index contributed by atoms with van der Waals surface area (Å²) in [6.45, 7) is 1.31. The van der Waals surface area contributed by atoms with Gasteiger partial charge in [0.25, 0.3) is 11.8 Å². The Morgan fingerprint density at radius 3 is 2.31 bits per heavy atom. The zero-order valence-electron chi connectivity index (χ0n) is 21.3. The summed E-state index contributed by atoms with van der Waals surface area (Å²) >= 11 is 0. The third kappa shape index (κ3) is 6.55. The predicted molar refractivity (Wildman–Crippen MR) is 142 cm³/mol. The van der Waals surface area contributed by atoms with Crippen LogP contribution in [0.15, 0.2) is 48.5 Å². The van der Waals surface area contributed by atoms with Gasteiger partial charge in [0.1, 0.15) is 31.0 Å². The van der Waals surface area contributed by atoms with Crippen LogP contribution in [-0.2, 0) is 19.1 Å². The van der Waals surface area contributed by atoms with E-state index in [1.54, 1.807) is 55.5 Å². The first-order valence-corrected chi connectivity index (χ1v) is 12.4. The summed E-state index contributed by atoms with van der Waals surface area (Å²) in [7, 11) is 0. The molecule has 0 aromatic heterocycles. The van der Waals surface area contributed by atoms with Crippen molar-refractivity contribution in [2.45, 2.75) is 38.3 Å². The topological polar surface area (TPSA) is 143 Å². The minimum absolute atomic E-state index is 0. The molecule has 0 unspecified atom stereocenters. The van der Waals surface area contributed by atoms with Gasteiger partial charge >= 0.3 is 11.9 Å². The van der Waals surface area contributed by atoms with Crippen LogP contribution in [-0.4, -0.2) is 78.1 Å². The SMILES string of the molecule is CCOC(=O)[C@H](CCCCN1C(=O)c2ccccc2C1=O)N[C@H]1COc2ccccc2N(CC(=O)O)C1=O.Cl. The number of carbonyl (C=O) groups excluding carboxylic acids is 4. The second-order valence-electron chi connectivity index (χ2n) is 8.92. The predicted octanol–water partition coefficient (Wildman–Crippen LogP) is 2.27. The molecule has 2 aromatic carbocycles. The van der Waals surface area contributed by atoms with Crippen LogP contribution in [0.3, 0.4) is 0 Å². The molecule has 2 N–H and O–H groups in total. The number of unbranched alkanes of at least 4 members (excludes halogenated alkanes) is 1. The first-order chi connectivity index (χ1) is 18.3. The second kappa shape index (κ2) is 13.2. The van der Waals surface area contributed by atoms with Crippen molar-refractivity contribution in [3.63, 3.8) is 0 Å². The van der Waals surface area contributed by atoms with Crippen molar-refractivity contribution in [1.82, 2.24) is 10.2 Å². The third-order valence-corrected chi connectivity index (χ3v) is 6.40. The molecule has 208 valence electrons. The number of carboxylic acid groups (broad SMARTS) is 1. The maximum atomic E-state index is 13.3. The van der Waals surface area contributed by atoms with E-state index in [2.05, 4.69) is 5.32 Å². The number of carboxylic acids is 1. The molecule has 2 aliphatic heterocycles. The number of amides is 3. The smallest absolute Gasteiger partial charge is 0.323 e. The van der Waals surface area contributed by atoms with E-state index in [1.165, 1.54) is 4.90 Å². The number of nitrogens with zero attached hydrogens (tertiary/aromatic N) is 2. The molecule has 0 bridgehead atoms. The van der Waals surface area contributed by atoms with Gasteiger partial charge in [-0.1, -0.05) is 24.3 Å². The van der Waals surface area contributed by atoms with Crippen molar-refractivity contribution in [2.75, 3.05) is 31.2 Å². The molecule has 0 aliphatic carbocycles. The number of esters is 1. The zero-order chi connectivity index (χ0) is 27.2. The van der Waals surface area contributed by atoms with Crippen LogP contribution < -0.4 is 15.0 Å². The number of anilines is 1. The molecular formula is C27H30ClN3O8. The highest BCUT2D eigenvalue weighted by Crippen LogP contribution is 2.31. The summed E-state index contributed by atoms with van der Waals surface area (Å²) in [6, 6.07) is 11.4. The lowest BCUT2D eigenvalue weighted by molar-refractivity contribution is -0.146.